The van der Waals surface area contributed by atoms with Crippen molar-refractivity contribution in [3.8, 4) is 0 Å². The van der Waals surface area contributed by atoms with Crippen molar-refractivity contribution < 1.29 is 9.53 Å². The highest BCUT2D eigenvalue weighted by Gasteiger charge is 2.23. The first-order valence-electron chi connectivity index (χ1n) is 7.02. The van der Waals surface area contributed by atoms with Gasteiger partial charge in [-0.3, -0.25) is 0 Å². The lowest BCUT2D eigenvalue weighted by Gasteiger charge is -2.13. The molecule has 0 radical (unpaired) electrons. The molecule has 112 valence electrons. The SMILES string of the molecule is COC(=O)c1nnn(Cc2c(C)cccc2C)c1C(C)C. The molecule has 0 amide bonds. The Morgan fingerprint density at radius 3 is 2.43 bits per heavy atom. The number of esters is 1. The van der Waals surface area contributed by atoms with Gasteiger partial charge in [0.2, 0.25) is 0 Å². The highest BCUT2D eigenvalue weighted by Crippen LogP contribution is 2.21. The van der Waals surface area contributed by atoms with Gasteiger partial charge in [-0.2, -0.15) is 0 Å². The third-order valence-corrected chi connectivity index (χ3v) is 3.65. The molecule has 0 aliphatic rings. The van der Waals surface area contributed by atoms with Crippen LogP contribution in [0.5, 0.6) is 0 Å². The van der Waals surface area contributed by atoms with Gasteiger partial charge >= 0.3 is 5.97 Å². The lowest BCUT2D eigenvalue weighted by molar-refractivity contribution is 0.0592. The minimum atomic E-state index is -0.438. The van der Waals surface area contributed by atoms with Gasteiger partial charge in [-0.1, -0.05) is 37.3 Å². The Balaban J connectivity index is 2.46. The first-order chi connectivity index (χ1) is 9.95. The number of aryl methyl sites for hydroxylation is 2. The summed E-state index contributed by atoms with van der Waals surface area (Å²) >= 11 is 0. The average Bonchev–Trinajstić information content (AvgIpc) is 2.86. The number of hydrogen-bond donors (Lipinski definition) is 0. The van der Waals surface area contributed by atoms with Crippen LogP contribution in [0, 0.1) is 13.8 Å². The van der Waals surface area contributed by atoms with Crippen molar-refractivity contribution >= 4 is 5.97 Å². The number of methoxy groups -OCH3 is 1. The van der Waals surface area contributed by atoms with Crippen LogP contribution in [0.3, 0.4) is 0 Å². The zero-order valence-corrected chi connectivity index (χ0v) is 13.2. The number of aromatic nitrogens is 3. The summed E-state index contributed by atoms with van der Waals surface area (Å²) in [5, 5.41) is 8.15. The first kappa shape index (κ1) is 15.2. The Hall–Kier alpha value is -2.17. The Morgan fingerprint density at radius 1 is 1.29 bits per heavy atom. The topological polar surface area (TPSA) is 57.0 Å². The van der Waals surface area contributed by atoms with Crippen LogP contribution >= 0.6 is 0 Å². The van der Waals surface area contributed by atoms with Crippen LogP contribution in [0.15, 0.2) is 18.2 Å². The lowest BCUT2D eigenvalue weighted by atomic mass is 10.0. The standard InChI is InChI=1S/C16H21N3O2/c1-10(2)15-14(16(20)21-5)17-18-19(15)9-13-11(3)7-6-8-12(13)4/h6-8,10H,9H2,1-5H3. The van der Waals surface area contributed by atoms with Crippen molar-refractivity contribution in [2.45, 2.75) is 40.2 Å². The van der Waals surface area contributed by atoms with Crippen LogP contribution in [0.25, 0.3) is 0 Å². The second-order valence-corrected chi connectivity index (χ2v) is 5.50. The van der Waals surface area contributed by atoms with E-state index in [2.05, 4.69) is 36.3 Å². The average molecular weight is 287 g/mol. The van der Waals surface area contributed by atoms with Crippen LogP contribution in [0.1, 0.15) is 52.6 Å². The van der Waals surface area contributed by atoms with E-state index in [4.69, 9.17) is 4.74 Å². The summed E-state index contributed by atoms with van der Waals surface area (Å²) in [5.41, 5.74) is 4.74. The molecule has 0 spiro atoms. The summed E-state index contributed by atoms with van der Waals surface area (Å²) < 4.78 is 6.58. The number of ether oxygens (including phenoxy) is 1. The van der Waals surface area contributed by atoms with E-state index in [9.17, 15) is 4.79 Å². The molecule has 1 aromatic carbocycles. The fraction of sp³-hybridized carbons (Fsp3) is 0.438. The summed E-state index contributed by atoms with van der Waals surface area (Å²) in [6.45, 7) is 8.81. The first-order valence-corrected chi connectivity index (χ1v) is 7.02. The fourth-order valence-electron chi connectivity index (χ4n) is 2.50. The second kappa shape index (κ2) is 6.08. The minimum absolute atomic E-state index is 0.137. The number of nitrogens with zero attached hydrogens (tertiary/aromatic N) is 3. The van der Waals surface area contributed by atoms with E-state index in [1.807, 2.05) is 19.9 Å². The lowest BCUT2D eigenvalue weighted by Crippen LogP contribution is -2.13. The van der Waals surface area contributed by atoms with Crippen molar-refractivity contribution in [3.05, 3.63) is 46.3 Å². The van der Waals surface area contributed by atoms with Crippen molar-refractivity contribution in [1.29, 1.82) is 0 Å². The summed E-state index contributed by atoms with van der Waals surface area (Å²) in [6.07, 6.45) is 0. The van der Waals surface area contributed by atoms with Crippen LogP contribution in [-0.2, 0) is 11.3 Å². The predicted molar refractivity (Wildman–Crippen MR) is 80.5 cm³/mol. The molecule has 0 bridgehead atoms. The molecule has 0 saturated heterocycles. The van der Waals surface area contributed by atoms with Gasteiger partial charge in [0.05, 0.1) is 19.3 Å². The maximum absolute atomic E-state index is 11.8. The largest absolute Gasteiger partial charge is 0.464 e. The number of rotatable bonds is 4. The Kier molecular flexibility index (Phi) is 4.40. The van der Waals surface area contributed by atoms with E-state index in [0.717, 1.165) is 5.69 Å². The second-order valence-electron chi connectivity index (χ2n) is 5.50. The highest BCUT2D eigenvalue weighted by molar-refractivity contribution is 5.88. The van der Waals surface area contributed by atoms with Gasteiger partial charge in [0.25, 0.3) is 0 Å². The van der Waals surface area contributed by atoms with E-state index in [0.29, 0.717) is 12.2 Å². The molecule has 2 rings (SSSR count). The van der Waals surface area contributed by atoms with E-state index in [1.54, 1.807) is 4.68 Å². The summed E-state index contributed by atoms with van der Waals surface area (Å²) in [7, 11) is 1.36. The number of benzene rings is 1. The maximum Gasteiger partial charge on any atom is 0.360 e. The van der Waals surface area contributed by atoms with Gasteiger partial charge in [0, 0.05) is 0 Å². The molecule has 5 nitrogen and oxygen atoms in total. The number of hydrogen-bond acceptors (Lipinski definition) is 4. The minimum Gasteiger partial charge on any atom is -0.464 e. The smallest absolute Gasteiger partial charge is 0.360 e. The molecule has 0 fully saturated rings. The highest BCUT2D eigenvalue weighted by atomic mass is 16.5. The Morgan fingerprint density at radius 2 is 1.90 bits per heavy atom. The van der Waals surface area contributed by atoms with Crippen molar-refractivity contribution in [2.24, 2.45) is 0 Å². The van der Waals surface area contributed by atoms with Gasteiger partial charge in [0.1, 0.15) is 0 Å². The predicted octanol–water partition coefficient (Wildman–Crippen LogP) is 2.85. The van der Waals surface area contributed by atoms with Gasteiger partial charge in [0.15, 0.2) is 5.69 Å². The van der Waals surface area contributed by atoms with Gasteiger partial charge in [-0.25, -0.2) is 9.48 Å². The molecular weight excluding hydrogens is 266 g/mol. The molecular formula is C16H21N3O2. The monoisotopic (exact) mass is 287 g/mol. The Labute approximate surface area is 124 Å². The van der Waals surface area contributed by atoms with E-state index in [-0.39, 0.29) is 5.92 Å². The molecule has 5 heteroatoms. The molecule has 0 unspecified atom stereocenters. The molecule has 21 heavy (non-hydrogen) atoms. The third kappa shape index (κ3) is 2.96. The fourth-order valence-corrected chi connectivity index (χ4v) is 2.50. The quantitative estimate of drug-likeness (QED) is 0.811. The maximum atomic E-state index is 11.8. The summed E-state index contributed by atoms with van der Waals surface area (Å²) in [5.74, 6) is -0.301. The Bertz CT molecular complexity index is 639. The van der Waals surface area contributed by atoms with Gasteiger partial charge in [-0.15, -0.1) is 5.10 Å². The van der Waals surface area contributed by atoms with E-state index in [1.165, 1.54) is 23.8 Å². The molecule has 0 saturated carbocycles. The van der Waals surface area contributed by atoms with Crippen LogP contribution < -0.4 is 0 Å². The number of carbonyl (C=O) groups is 1. The molecule has 0 aliphatic carbocycles. The summed E-state index contributed by atoms with van der Waals surface area (Å²) in [6, 6.07) is 6.20. The zero-order valence-electron chi connectivity index (χ0n) is 13.2. The zero-order chi connectivity index (χ0) is 15.6. The molecule has 2 aromatic rings. The molecule has 0 N–H and O–H groups in total. The van der Waals surface area contributed by atoms with Crippen LogP contribution in [-0.4, -0.2) is 28.1 Å². The van der Waals surface area contributed by atoms with Gasteiger partial charge < -0.3 is 4.74 Å². The van der Waals surface area contributed by atoms with Crippen molar-refractivity contribution in [1.82, 2.24) is 15.0 Å². The summed E-state index contributed by atoms with van der Waals surface area (Å²) in [4.78, 5) is 11.8. The number of carbonyl (C=O) groups excluding carboxylic acids is 1. The normalized spacial score (nSPS) is 11.0. The van der Waals surface area contributed by atoms with Gasteiger partial charge in [-0.05, 0) is 36.5 Å². The van der Waals surface area contributed by atoms with Crippen LogP contribution in [0.4, 0.5) is 0 Å². The van der Waals surface area contributed by atoms with Crippen molar-refractivity contribution in [2.75, 3.05) is 7.11 Å². The third-order valence-electron chi connectivity index (χ3n) is 3.65. The molecule has 0 aliphatic heterocycles. The molecule has 1 heterocycles. The van der Waals surface area contributed by atoms with E-state index < -0.39 is 5.97 Å². The molecule has 0 atom stereocenters. The van der Waals surface area contributed by atoms with Crippen molar-refractivity contribution in [3.63, 3.8) is 0 Å². The molecule has 1 aromatic heterocycles. The van der Waals surface area contributed by atoms with E-state index >= 15 is 0 Å². The van der Waals surface area contributed by atoms with Crippen LogP contribution in [0.2, 0.25) is 0 Å².